The van der Waals surface area contributed by atoms with E-state index in [9.17, 15) is 9.90 Å². The Morgan fingerprint density at radius 3 is 2.94 bits per heavy atom. The summed E-state index contributed by atoms with van der Waals surface area (Å²) in [5.74, 6) is -0.115. The van der Waals surface area contributed by atoms with Crippen LogP contribution in [-0.4, -0.2) is 33.9 Å². The summed E-state index contributed by atoms with van der Waals surface area (Å²) in [5, 5.41) is 19.8. The third-order valence-electron chi connectivity index (χ3n) is 2.74. The standard InChI is InChI=1S/C9H12ClN3O2S/c10-9-13-12-8(16-9)7(15)11-4-5-2-1-3-6(5)14/h5-6,14H,1-4H2,(H,11,15). The van der Waals surface area contributed by atoms with Crippen LogP contribution in [0.1, 0.15) is 29.1 Å². The van der Waals surface area contributed by atoms with E-state index in [-0.39, 0.29) is 27.4 Å². The normalized spacial score (nSPS) is 24.6. The Labute approximate surface area is 102 Å². The average molecular weight is 262 g/mol. The third kappa shape index (κ3) is 2.69. The predicted molar refractivity (Wildman–Crippen MR) is 60.6 cm³/mol. The van der Waals surface area contributed by atoms with Crippen LogP contribution in [-0.2, 0) is 0 Å². The summed E-state index contributed by atoms with van der Waals surface area (Å²) in [6.07, 6.45) is 2.51. The van der Waals surface area contributed by atoms with Gasteiger partial charge in [0.25, 0.3) is 5.91 Å². The van der Waals surface area contributed by atoms with Crippen molar-refractivity contribution >= 4 is 28.8 Å². The lowest BCUT2D eigenvalue weighted by Gasteiger charge is -2.14. The number of hydrogen-bond acceptors (Lipinski definition) is 5. The quantitative estimate of drug-likeness (QED) is 0.854. The molecule has 0 aliphatic heterocycles. The number of carbonyl (C=O) groups is 1. The Balaban J connectivity index is 1.84. The highest BCUT2D eigenvalue weighted by Gasteiger charge is 2.25. The van der Waals surface area contributed by atoms with Crippen molar-refractivity contribution in [3.8, 4) is 0 Å². The molecule has 1 aliphatic carbocycles. The van der Waals surface area contributed by atoms with Crippen LogP contribution in [0.3, 0.4) is 0 Å². The van der Waals surface area contributed by atoms with Gasteiger partial charge in [-0.3, -0.25) is 4.79 Å². The summed E-state index contributed by atoms with van der Waals surface area (Å²) in [6.45, 7) is 0.483. The molecule has 7 heteroatoms. The van der Waals surface area contributed by atoms with Gasteiger partial charge in [-0.15, -0.1) is 10.2 Å². The summed E-state index contributed by atoms with van der Waals surface area (Å²) >= 11 is 6.63. The van der Waals surface area contributed by atoms with Gasteiger partial charge in [0.15, 0.2) is 0 Å². The van der Waals surface area contributed by atoms with E-state index in [1.165, 1.54) is 0 Å². The van der Waals surface area contributed by atoms with Gasteiger partial charge in [0.1, 0.15) is 0 Å². The second-order valence-corrected chi connectivity index (χ2v) is 5.39. The number of carbonyl (C=O) groups excluding carboxylic acids is 1. The number of aliphatic hydroxyl groups is 1. The fraction of sp³-hybridized carbons (Fsp3) is 0.667. The first kappa shape index (κ1) is 11.8. The molecule has 0 aromatic carbocycles. The Bertz CT molecular complexity index is 385. The van der Waals surface area contributed by atoms with Gasteiger partial charge in [-0.05, 0) is 24.4 Å². The van der Waals surface area contributed by atoms with E-state index in [1.807, 2.05) is 0 Å². The van der Waals surface area contributed by atoms with Crippen LogP contribution in [0.25, 0.3) is 0 Å². The van der Waals surface area contributed by atoms with Gasteiger partial charge in [0.2, 0.25) is 9.47 Å². The smallest absolute Gasteiger partial charge is 0.282 e. The van der Waals surface area contributed by atoms with Crippen molar-refractivity contribution in [3.63, 3.8) is 0 Å². The molecule has 1 saturated carbocycles. The van der Waals surface area contributed by atoms with Crippen molar-refractivity contribution in [1.82, 2.24) is 15.5 Å². The van der Waals surface area contributed by atoms with E-state index in [2.05, 4.69) is 15.5 Å². The second kappa shape index (κ2) is 5.07. The lowest BCUT2D eigenvalue weighted by atomic mass is 10.1. The molecule has 2 rings (SSSR count). The molecule has 88 valence electrons. The lowest BCUT2D eigenvalue weighted by molar-refractivity contribution is 0.0916. The van der Waals surface area contributed by atoms with Crippen molar-refractivity contribution in [1.29, 1.82) is 0 Å². The molecule has 2 unspecified atom stereocenters. The van der Waals surface area contributed by atoms with Gasteiger partial charge in [0.05, 0.1) is 6.10 Å². The van der Waals surface area contributed by atoms with Gasteiger partial charge in [-0.25, -0.2) is 0 Å². The van der Waals surface area contributed by atoms with Gasteiger partial charge in [-0.1, -0.05) is 17.8 Å². The number of nitrogens with one attached hydrogen (secondary N) is 1. The maximum Gasteiger partial charge on any atom is 0.282 e. The van der Waals surface area contributed by atoms with Gasteiger partial charge >= 0.3 is 0 Å². The zero-order valence-corrected chi connectivity index (χ0v) is 10.1. The van der Waals surface area contributed by atoms with Crippen LogP contribution in [0.15, 0.2) is 0 Å². The molecule has 1 heterocycles. The van der Waals surface area contributed by atoms with Crippen LogP contribution < -0.4 is 5.32 Å². The van der Waals surface area contributed by atoms with Gasteiger partial charge < -0.3 is 10.4 Å². The molecule has 1 aliphatic rings. The third-order valence-corrected chi connectivity index (χ3v) is 3.76. The summed E-state index contributed by atoms with van der Waals surface area (Å²) < 4.78 is 0.256. The zero-order valence-electron chi connectivity index (χ0n) is 8.52. The fourth-order valence-electron chi connectivity index (χ4n) is 1.85. The summed E-state index contributed by atoms with van der Waals surface area (Å²) in [5.41, 5.74) is 0. The van der Waals surface area contributed by atoms with Crippen LogP contribution in [0, 0.1) is 5.92 Å². The molecule has 2 N–H and O–H groups in total. The Hall–Kier alpha value is -0.720. The van der Waals surface area contributed by atoms with E-state index in [4.69, 9.17) is 11.6 Å². The maximum absolute atomic E-state index is 11.6. The maximum atomic E-state index is 11.6. The van der Waals surface area contributed by atoms with Crippen molar-refractivity contribution in [3.05, 3.63) is 9.47 Å². The Morgan fingerprint density at radius 2 is 2.38 bits per heavy atom. The predicted octanol–water partition coefficient (Wildman–Crippen LogP) is 1.08. The average Bonchev–Trinajstić information content (AvgIpc) is 2.84. The summed E-state index contributed by atoms with van der Waals surface area (Å²) in [7, 11) is 0. The molecular weight excluding hydrogens is 250 g/mol. The highest BCUT2D eigenvalue weighted by molar-refractivity contribution is 7.17. The van der Waals surface area contributed by atoms with Crippen molar-refractivity contribution in [2.75, 3.05) is 6.54 Å². The first-order valence-corrected chi connectivity index (χ1v) is 6.31. The molecule has 1 aromatic heterocycles. The molecule has 0 bridgehead atoms. The van der Waals surface area contributed by atoms with E-state index in [0.717, 1.165) is 30.6 Å². The van der Waals surface area contributed by atoms with Crippen molar-refractivity contribution in [2.24, 2.45) is 5.92 Å². The number of halogens is 1. The first-order chi connectivity index (χ1) is 7.66. The molecule has 0 saturated heterocycles. The number of amides is 1. The highest BCUT2D eigenvalue weighted by Crippen LogP contribution is 2.24. The molecule has 16 heavy (non-hydrogen) atoms. The highest BCUT2D eigenvalue weighted by atomic mass is 35.5. The fourth-order valence-corrected chi connectivity index (χ4v) is 2.60. The topological polar surface area (TPSA) is 75.1 Å². The number of nitrogens with zero attached hydrogens (tertiary/aromatic N) is 2. The molecule has 1 aromatic rings. The summed E-state index contributed by atoms with van der Waals surface area (Å²) in [4.78, 5) is 11.6. The van der Waals surface area contributed by atoms with Crippen LogP contribution >= 0.6 is 22.9 Å². The molecule has 1 fully saturated rings. The van der Waals surface area contributed by atoms with Crippen molar-refractivity contribution < 1.29 is 9.90 Å². The number of hydrogen-bond donors (Lipinski definition) is 2. The minimum atomic E-state index is -0.293. The minimum Gasteiger partial charge on any atom is -0.393 e. The van der Waals surface area contributed by atoms with E-state index in [0.29, 0.717) is 6.54 Å². The first-order valence-electron chi connectivity index (χ1n) is 5.12. The number of rotatable bonds is 3. The van der Waals surface area contributed by atoms with E-state index < -0.39 is 0 Å². The van der Waals surface area contributed by atoms with Gasteiger partial charge in [-0.2, -0.15) is 0 Å². The molecule has 0 radical (unpaired) electrons. The minimum absolute atomic E-state index is 0.160. The number of aromatic nitrogens is 2. The van der Waals surface area contributed by atoms with E-state index in [1.54, 1.807) is 0 Å². The SMILES string of the molecule is O=C(NCC1CCCC1O)c1nnc(Cl)s1. The monoisotopic (exact) mass is 261 g/mol. The van der Waals surface area contributed by atoms with Gasteiger partial charge in [0, 0.05) is 12.5 Å². The van der Waals surface area contributed by atoms with Crippen LogP contribution in [0.4, 0.5) is 0 Å². The molecule has 0 spiro atoms. The molecular formula is C9H12ClN3O2S. The van der Waals surface area contributed by atoms with Crippen LogP contribution in [0.5, 0.6) is 0 Å². The van der Waals surface area contributed by atoms with Crippen molar-refractivity contribution in [2.45, 2.75) is 25.4 Å². The largest absolute Gasteiger partial charge is 0.393 e. The molecule has 5 nitrogen and oxygen atoms in total. The second-order valence-electron chi connectivity index (χ2n) is 3.83. The van der Waals surface area contributed by atoms with E-state index >= 15 is 0 Å². The molecule has 2 atom stereocenters. The zero-order chi connectivity index (χ0) is 11.5. The van der Waals surface area contributed by atoms with Crippen LogP contribution in [0.2, 0.25) is 4.47 Å². The number of aliphatic hydroxyl groups excluding tert-OH is 1. The molecule has 1 amide bonds. The Morgan fingerprint density at radius 1 is 1.56 bits per heavy atom. The Kier molecular flexibility index (Phi) is 3.73. The summed E-state index contributed by atoms with van der Waals surface area (Å²) in [6, 6.07) is 0. The lowest BCUT2D eigenvalue weighted by Crippen LogP contribution is -2.32.